The van der Waals surface area contributed by atoms with Gasteiger partial charge in [0.1, 0.15) is 6.10 Å². The van der Waals surface area contributed by atoms with Crippen LogP contribution in [0.25, 0.3) is 11.1 Å². The van der Waals surface area contributed by atoms with Gasteiger partial charge in [0.15, 0.2) is 0 Å². The minimum Gasteiger partial charge on any atom is -0.368 e. The highest BCUT2D eigenvalue weighted by Crippen LogP contribution is 2.56. The van der Waals surface area contributed by atoms with Crippen LogP contribution in [0.1, 0.15) is 38.2 Å². The molecule has 4 aliphatic rings. The summed E-state index contributed by atoms with van der Waals surface area (Å²) in [5.41, 5.74) is 3.23. The lowest BCUT2D eigenvalue weighted by atomic mass is 9.91. The van der Waals surface area contributed by atoms with Crippen molar-refractivity contribution in [3.05, 3.63) is 60.2 Å². The molecule has 1 spiro atoms. The molecule has 6 nitrogen and oxygen atoms in total. The van der Waals surface area contributed by atoms with Gasteiger partial charge in [0.2, 0.25) is 10.0 Å². The number of hydrogen-bond acceptors (Lipinski definition) is 4. The van der Waals surface area contributed by atoms with Crippen LogP contribution in [0.15, 0.2) is 54.6 Å². The Hall–Kier alpha value is -2.22. The Labute approximate surface area is 201 Å². The summed E-state index contributed by atoms with van der Waals surface area (Å²) in [5, 5.41) is -0.301. The maximum Gasteiger partial charge on any atom is 0.252 e. The van der Waals surface area contributed by atoms with Gasteiger partial charge in [-0.25, -0.2) is 13.1 Å². The molecule has 34 heavy (non-hydrogen) atoms. The fraction of sp³-hybridized carbons (Fsp3) is 0.519. The molecule has 2 heterocycles. The van der Waals surface area contributed by atoms with Crippen LogP contribution in [0.3, 0.4) is 0 Å². The monoisotopic (exact) mass is 480 g/mol. The summed E-state index contributed by atoms with van der Waals surface area (Å²) in [5.74, 6) is 0.222. The molecule has 1 N–H and O–H groups in total. The first-order valence-electron chi connectivity index (χ1n) is 12.4. The van der Waals surface area contributed by atoms with Crippen LogP contribution < -0.4 is 4.72 Å². The summed E-state index contributed by atoms with van der Waals surface area (Å²) >= 11 is 0. The Bertz CT molecular complexity index is 1190. The van der Waals surface area contributed by atoms with Crippen LogP contribution in [-0.2, 0) is 26.0 Å². The average molecular weight is 481 g/mol. The van der Waals surface area contributed by atoms with Gasteiger partial charge in [-0.3, -0.25) is 4.79 Å². The fourth-order valence-corrected chi connectivity index (χ4v) is 7.90. The summed E-state index contributed by atoms with van der Waals surface area (Å²) in [4.78, 5) is 15.3. The van der Waals surface area contributed by atoms with Crippen molar-refractivity contribution in [1.82, 2.24) is 9.62 Å². The number of ether oxygens (including phenoxy) is 1. The van der Waals surface area contributed by atoms with Gasteiger partial charge in [-0.15, -0.1) is 0 Å². The number of nitrogens with one attached hydrogen (secondary N) is 1. The molecule has 0 bridgehead atoms. The number of amides is 1. The summed E-state index contributed by atoms with van der Waals surface area (Å²) in [6, 6.07) is 18.2. The lowest BCUT2D eigenvalue weighted by Crippen LogP contribution is -2.53. The van der Waals surface area contributed by atoms with E-state index >= 15 is 0 Å². The number of sulfonamides is 1. The van der Waals surface area contributed by atoms with Crippen molar-refractivity contribution in [3.8, 4) is 11.1 Å². The third-order valence-electron chi connectivity index (χ3n) is 8.28. The predicted octanol–water partition coefficient (Wildman–Crippen LogP) is 3.37. The smallest absolute Gasteiger partial charge is 0.252 e. The summed E-state index contributed by atoms with van der Waals surface area (Å²) < 4.78 is 35.0. The molecule has 2 saturated heterocycles. The molecule has 5 atom stereocenters. The molecule has 2 aromatic rings. The minimum atomic E-state index is -3.41. The molecule has 1 amide bonds. The van der Waals surface area contributed by atoms with E-state index < -0.39 is 10.0 Å². The Morgan fingerprint density at radius 3 is 2.44 bits per heavy atom. The first kappa shape index (κ1) is 22.3. The van der Waals surface area contributed by atoms with Crippen molar-refractivity contribution >= 4 is 15.9 Å². The fourth-order valence-electron chi connectivity index (χ4n) is 5.80. The molecule has 2 aromatic carbocycles. The zero-order valence-corrected chi connectivity index (χ0v) is 20.3. The van der Waals surface area contributed by atoms with Crippen LogP contribution in [-0.4, -0.2) is 55.8 Å². The van der Waals surface area contributed by atoms with E-state index in [1.165, 1.54) is 0 Å². The molecular formula is C27H32N2O4S. The van der Waals surface area contributed by atoms with Crippen molar-refractivity contribution in [2.75, 3.05) is 13.2 Å². The quantitative estimate of drug-likeness (QED) is 0.659. The summed E-state index contributed by atoms with van der Waals surface area (Å²) in [6.45, 7) is 3.22. The number of carbonyl (C=O) groups excluding carboxylic acids is 1. The van der Waals surface area contributed by atoms with Crippen LogP contribution in [0.4, 0.5) is 0 Å². The van der Waals surface area contributed by atoms with Gasteiger partial charge in [0.05, 0.1) is 17.9 Å². The highest BCUT2D eigenvalue weighted by atomic mass is 32.2. The highest BCUT2D eigenvalue weighted by molar-refractivity contribution is 7.90. The Balaban J connectivity index is 1.32. The number of benzene rings is 2. The minimum absolute atomic E-state index is 0.0169. The number of carbonyl (C=O) groups is 1. The molecule has 2 saturated carbocycles. The molecule has 0 aromatic heterocycles. The molecule has 2 aliphatic heterocycles. The van der Waals surface area contributed by atoms with Crippen molar-refractivity contribution in [1.29, 1.82) is 0 Å². The molecule has 180 valence electrons. The van der Waals surface area contributed by atoms with Crippen LogP contribution in [0.2, 0.25) is 0 Å². The average Bonchev–Trinajstić information content (AvgIpc) is 3.70. The van der Waals surface area contributed by atoms with E-state index in [0.717, 1.165) is 42.4 Å². The normalized spacial score (nSPS) is 31.3. The Kier molecular flexibility index (Phi) is 5.35. The van der Waals surface area contributed by atoms with Gasteiger partial charge < -0.3 is 9.64 Å². The molecule has 0 radical (unpaired) electrons. The van der Waals surface area contributed by atoms with E-state index in [0.29, 0.717) is 19.6 Å². The van der Waals surface area contributed by atoms with Crippen LogP contribution in [0, 0.1) is 11.3 Å². The van der Waals surface area contributed by atoms with Gasteiger partial charge in [0.25, 0.3) is 5.91 Å². The largest absolute Gasteiger partial charge is 0.368 e. The van der Waals surface area contributed by atoms with E-state index in [2.05, 4.69) is 35.1 Å². The van der Waals surface area contributed by atoms with Crippen LogP contribution in [0.5, 0.6) is 0 Å². The van der Waals surface area contributed by atoms with Gasteiger partial charge in [-0.1, -0.05) is 61.5 Å². The van der Waals surface area contributed by atoms with Gasteiger partial charge in [-0.05, 0) is 48.3 Å². The molecule has 4 fully saturated rings. The zero-order chi connectivity index (χ0) is 23.5. The summed E-state index contributed by atoms with van der Waals surface area (Å²) in [6.07, 6.45) is 3.61. The first-order chi connectivity index (χ1) is 16.4. The molecule has 6 rings (SSSR count). The second-order valence-electron chi connectivity index (χ2n) is 10.7. The third kappa shape index (κ3) is 3.97. The number of rotatable bonds is 7. The predicted molar refractivity (Wildman–Crippen MR) is 131 cm³/mol. The van der Waals surface area contributed by atoms with Crippen molar-refractivity contribution in [2.45, 2.75) is 62.5 Å². The Morgan fingerprint density at radius 1 is 1.12 bits per heavy atom. The summed E-state index contributed by atoms with van der Waals surface area (Å²) in [7, 11) is -3.41. The maximum absolute atomic E-state index is 13.4. The first-order valence-corrected chi connectivity index (χ1v) is 14.0. The highest BCUT2D eigenvalue weighted by Gasteiger charge is 2.62. The van der Waals surface area contributed by atoms with E-state index in [-0.39, 0.29) is 40.7 Å². The number of likely N-dealkylation sites (tertiary alicyclic amines) is 1. The number of nitrogens with zero attached hydrogens (tertiary/aromatic N) is 1. The van der Waals surface area contributed by atoms with Crippen molar-refractivity contribution in [2.24, 2.45) is 11.3 Å². The van der Waals surface area contributed by atoms with Crippen LogP contribution >= 0.6 is 0 Å². The topological polar surface area (TPSA) is 75.7 Å². The zero-order valence-electron chi connectivity index (χ0n) is 19.5. The molecular weight excluding hydrogens is 448 g/mol. The van der Waals surface area contributed by atoms with Crippen molar-refractivity contribution in [3.63, 3.8) is 0 Å². The second kappa shape index (κ2) is 8.18. The van der Waals surface area contributed by atoms with Gasteiger partial charge in [0, 0.05) is 24.4 Å². The lowest BCUT2D eigenvalue weighted by Gasteiger charge is -2.34. The van der Waals surface area contributed by atoms with E-state index in [1.807, 2.05) is 36.1 Å². The standard InChI is InChI=1S/C27H32N2O4S/c1-18-14-24(18)34(31,32)28-25-22(29(17-27(25)11-12-27)26(30)23-10-13-33-23)16-19-6-5-9-21(15-19)20-7-3-2-4-8-20/h2-9,15,18,22-25,28H,10-14,16-17H2,1H3/t18-,22+,23+,24-,25-/m0/s1. The molecule has 0 unspecified atom stereocenters. The van der Waals surface area contributed by atoms with E-state index in [9.17, 15) is 13.2 Å². The second-order valence-corrected chi connectivity index (χ2v) is 12.6. The van der Waals surface area contributed by atoms with Gasteiger partial charge in [-0.2, -0.15) is 0 Å². The maximum atomic E-state index is 13.4. The SMILES string of the molecule is C[C@H]1C[C@@H]1S(=O)(=O)N[C@H]1[C@@H](Cc2cccc(-c3ccccc3)c2)N(C(=O)[C@H]2CCO2)CC12CC2. The molecule has 2 aliphatic carbocycles. The third-order valence-corrected chi connectivity index (χ3v) is 10.3. The molecule has 7 heteroatoms. The lowest BCUT2D eigenvalue weighted by molar-refractivity contribution is -0.157. The van der Waals surface area contributed by atoms with Crippen molar-refractivity contribution < 1.29 is 17.9 Å². The van der Waals surface area contributed by atoms with Gasteiger partial charge >= 0.3 is 0 Å². The number of hydrogen-bond donors (Lipinski definition) is 1. The Morgan fingerprint density at radius 2 is 1.82 bits per heavy atom. The van der Waals surface area contributed by atoms with E-state index in [1.54, 1.807) is 0 Å². The van der Waals surface area contributed by atoms with E-state index in [4.69, 9.17) is 4.74 Å².